The average Bonchev–Trinajstić information content (AvgIpc) is 2.43. The molecule has 0 amide bonds. The minimum Gasteiger partial charge on any atom is -0.392 e. The highest BCUT2D eigenvalue weighted by molar-refractivity contribution is 7.89. The smallest absolute Gasteiger partial charge is 0.240 e. The SMILES string of the molecule is CCc1ccc(S(=O)(=O)NC(C)CCN(C)C)cc1CO. The molecule has 0 heterocycles. The molecule has 6 heteroatoms. The zero-order chi connectivity index (χ0) is 16.0. The molecule has 1 aromatic rings. The lowest BCUT2D eigenvalue weighted by Gasteiger charge is -2.17. The van der Waals surface area contributed by atoms with Crippen LogP contribution in [0.3, 0.4) is 0 Å². The van der Waals surface area contributed by atoms with Crippen LogP contribution < -0.4 is 4.72 Å². The van der Waals surface area contributed by atoms with E-state index in [1.54, 1.807) is 18.2 Å². The van der Waals surface area contributed by atoms with E-state index in [0.29, 0.717) is 5.56 Å². The van der Waals surface area contributed by atoms with E-state index in [4.69, 9.17) is 0 Å². The monoisotopic (exact) mass is 314 g/mol. The van der Waals surface area contributed by atoms with Gasteiger partial charge in [0, 0.05) is 6.04 Å². The van der Waals surface area contributed by atoms with Gasteiger partial charge < -0.3 is 10.0 Å². The summed E-state index contributed by atoms with van der Waals surface area (Å²) in [6.07, 6.45) is 1.51. The van der Waals surface area contributed by atoms with Crippen molar-refractivity contribution in [3.63, 3.8) is 0 Å². The van der Waals surface area contributed by atoms with Gasteiger partial charge in [0.15, 0.2) is 0 Å². The third-order valence-corrected chi connectivity index (χ3v) is 4.99. The highest BCUT2D eigenvalue weighted by atomic mass is 32.2. The molecule has 0 aliphatic heterocycles. The molecule has 1 unspecified atom stereocenters. The van der Waals surface area contributed by atoms with Crippen molar-refractivity contribution in [1.29, 1.82) is 0 Å². The van der Waals surface area contributed by atoms with Crippen LogP contribution in [0.5, 0.6) is 0 Å². The normalized spacial score (nSPS) is 13.6. The van der Waals surface area contributed by atoms with E-state index in [9.17, 15) is 13.5 Å². The van der Waals surface area contributed by atoms with E-state index >= 15 is 0 Å². The van der Waals surface area contributed by atoms with Crippen molar-refractivity contribution in [2.24, 2.45) is 0 Å². The van der Waals surface area contributed by atoms with Crippen LogP contribution in [0.1, 0.15) is 31.4 Å². The minimum absolute atomic E-state index is 0.138. The third-order valence-electron chi connectivity index (χ3n) is 3.40. The van der Waals surface area contributed by atoms with Gasteiger partial charge >= 0.3 is 0 Å². The Morgan fingerprint density at radius 3 is 2.48 bits per heavy atom. The van der Waals surface area contributed by atoms with Gasteiger partial charge in [0.05, 0.1) is 11.5 Å². The predicted molar refractivity (Wildman–Crippen MR) is 84.7 cm³/mol. The predicted octanol–water partition coefficient (Wildman–Crippen LogP) is 1.36. The zero-order valence-corrected chi connectivity index (χ0v) is 14.1. The molecule has 0 aliphatic rings. The highest BCUT2D eigenvalue weighted by Gasteiger charge is 2.18. The number of sulfonamides is 1. The number of hydrogen-bond donors (Lipinski definition) is 2. The summed E-state index contributed by atoms with van der Waals surface area (Å²) in [7, 11) is 0.369. The Morgan fingerprint density at radius 2 is 1.95 bits per heavy atom. The van der Waals surface area contributed by atoms with Gasteiger partial charge in [-0.2, -0.15) is 0 Å². The lowest BCUT2D eigenvalue weighted by molar-refractivity contribution is 0.280. The molecule has 0 radical (unpaired) electrons. The standard InChI is InChI=1S/C15H26N2O3S/c1-5-13-6-7-15(10-14(13)11-18)21(19,20)16-12(2)8-9-17(3)4/h6-7,10,12,16,18H,5,8-9,11H2,1-4H3. The fraction of sp³-hybridized carbons (Fsp3) is 0.600. The van der Waals surface area contributed by atoms with Gasteiger partial charge in [-0.1, -0.05) is 13.0 Å². The van der Waals surface area contributed by atoms with Crippen molar-refractivity contribution >= 4 is 10.0 Å². The number of nitrogens with zero attached hydrogens (tertiary/aromatic N) is 1. The van der Waals surface area contributed by atoms with Crippen molar-refractivity contribution in [2.45, 2.75) is 44.2 Å². The van der Waals surface area contributed by atoms with Crippen molar-refractivity contribution in [3.05, 3.63) is 29.3 Å². The van der Waals surface area contributed by atoms with Gasteiger partial charge in [-0.3, -0.25) is 0 Å². The fourth-order valence-electron chi connectivity index (χ4n) is 2.11. The number of aliphatic hydroxyl groups is 1. The highest BCUT2D eigenvalue weighted by Crippen LogP contribution is 2.17. The van der Waals surface area contributed by atoms with Crippen molar-refractivity contribution in [3.8, 4) is 0 Å². The second-order valence-corrected chi connectivity index (χ2v) is 7.27. The van der Waals surface area contributed by atoms with E-state index < -0.39 is 10.0 Å². The molecule has 1 aromatic carbocycles. The van der Waals surface area contributed by atoms with Crippen LogP contribution in [0.4, 0.5) is 0 Å². The number of rotatable bonds is 8. The quantitative estimate of drug-likeness (QED) is 0.760. The molecular formula is C15H26N2O3S. The number of aryl methyl sites for hydroxylation is 1. The van der Waals surface area contributed by atoms with Crippen molar-refractivity contribution in [2.75, 3.05) is 20.6 Å². The fourth-order valence-corrected chi connectivity index (χ4v) is 3.43. The molecule has 0 saturated carbocycles. The van der Waals surface area contributed by atoms with Crippen LogP contribution in [0.25, 0.3) is 0 Å². The van der Waals surface area contributed by atoms with Crippen LogP contribution >= 0.6 is 0 Å². The van der Waals surface area contributed by atoms with E-state index in [-0.39, 0.29) is 17.5 Å². The molecule has 0 saturated heterocycles. The molecular weight excluding hydrogens is 288 g/mol. The zero-order valence-electron chi connectivity index (χ0n) is 13.3. The molecule has 21 heavy (non-hydrogen) atoms. The van der Waals surface area contributed by atoms with Crippen LogP contribution in [0.2, 0.25) is 0 Å². The molecule has 1 atom stereocenters. The second kappa shape index (κ2) is 7.89. The van der Waals surface area contributed by atoms with E-state index in [1.807, 2.05) is 32.8 Å². The summed E-state index contributed by atoms with van der Waals surface area (Å²) in [6.45, 7) is 4.50. The Balaban J connectivity index is 2.87. The summed E-state index contributed by atoms with van der Waals surface area (Å²) in [5.74, 6) is 0. The largest absolute Gasteiger partial charge is 0.392 e. The summed E-state index contributed by atoms with van der Waals surface area (Å²) in [5.41, 5.74) is 1.64. The lowest BCUT2D eigenvalue weighted by Crippen LogP contribution is -2.34. The van der Waals surface area contributed by atoms with Gasteiger partial charge in [0.25, 0.3) is 0 Å². The molecule has 120 valence electrons. The Morgan fingerprint density at radius 1 is 1.29 bits per heavy atom. The molecule has 0 bridgehead atoms. The van der Waals surface area contributed by atoms with E-state index in [2.05, 4.69) is 4.72 Å². The maximum atomic E-state index is 12.3. The molecule has 0 aliphatic carbocycles. The second-order valence-electron chi connectivity index (χ2n) is 5.56. The van der Waals surface area contributed by atoms with Crippen LogP contribution in [-0.4, -0.2) is 45.1 Å². The van der Waals surface area contributed by atoms with Gasteiger partial charge in [-0.15, -0.1) is 0 Å². The van der Waals surface area contributed by atoms with Crippen LogP contribution in [-0.2, 0) is 23.1 Å². The number of aliphatic hydroxyl groups excluding tert-OH is 1. The first-order valence-electron chi connectivity index (χ1n) is 7.19. The molecule has 0 spiro atoms. The first-order valence-corrected chi connectivity index (χ1v) is 8.68. The summed E-state index contributed by atoms with van der Waals surface area (Å²) in [5, 5.41) is 9.35. The summed E-state index contributed by atoms with van der Waals surface area (Å²) in [6, 6.07) is 4.78. The van der Waals surface area contributed by atoms with Gasteiger partial charge in [-0.05, 0) is 63.7 Å². The van der Waals surface area contributed by atoms with Gasteiger partial charge in [0.1, 0.15) is 0 Å². The summed E-state index contributed by atoms with van der Waals surface area (Å²) in [4.78, 5) is 2.23. The Bertz CT molecular complexity index is 556. The van der Waals surface area contributed by atoms with Gasteiger partial charge in [0.2, 0.25) is 10.0 Å². The van der Waals surface area contributed by atoms with Crippen molar-refractivity contribution in [1.82, 2.24) is 9.62 Å². The molecule has 2 N–H and O–H groups in total. The number of benzene rings is 1. The number of hydrogen-bond acceptors (Lipinski definition) is 4. The van der Waals surface area contributed by atoms with Crippen LogP contribution in [0, 0.1) is 0 Å². The van der Waals surface area contributed by atoms with Crippen molar-refractivity contribution < 1.29 is 13.5 Å². The summed E-state index contributed by atoms with van der Waals surface area (Å²) < 4.78 is 27.4. The first kappa shape index (κ1) is 18.1. The van der Waals surface area contributed by atoms with Crippen LogP contribution in [0.15, 0.2) is 23.1 Å². The Hall–Kier alpha value is -0.950. The lowest BCUT2D eigenvalue weighted by atomic mass is 10.1. The molecule has 0 fully saturated rings. The third kappa shape index (κ3) is 5.39. The summed E-state index contributed by atoms with van der Waals surface area (Å²) >= 11 is 0. The molecule has 1 rings (SSSR count). The Labute approximate surface area is 128 Å². The maximum absolute atomic E-state index is 12.3. The van der Waals surface area contributed by atoms with Gasteiger partial charge in [-0.25, -0.2) is 13.1 Å². The molecule has 0 aromatic heterocycles. The van der Waals surface area contributed by atoms with E-state index in [1.165, 1.54) is 0 Å². The Kier molecular flexibility index (Phi) is 6.80. The topological polar surface area (TPSA) is 69.6 Å². The number of nitrogens with one attached hydrogen (secondary N) is 1. The van der Waals surface area contributed by atoms with E-state index in [0.717, 1.165) is 24.9 Å². The first-order chi connectivity index (χ1) is 9.80. The molecule has 5 nitrogen and oxygen atoms in total. The maximum Gasteiger partial charge on any atom is 0.240 e. The minimum atomic E-state index is -3.54. The average molecular weight is 314 g/mol.